The Kier molecular flexibility index (Phi) is 5.43. The molecule has 22 heavy (non-hydrogen) atoms. The van der Waals surface area contributed by atoms with Gasteiger partial charge in [-0.3, -0.25) is 4.79 Å². The molecule has 0 aliphatic heterocycles. The van der Waals surface area contributed by atoms with Crippen molar-refractivity contribution >= 4 is 17.7 Å². The molecular formula is C15H19N3O3S. The second kappa shape index (κ2) is 7.31. The number of ether oxygens (including phenoxy) is 1. The van der Waals surface area contributed by atoms with Crippen LogP contribution < -0.4 is 4.74 Å². The van der Waals surface area contributed by atoms with E-state index in [-0.39, 0.29) is 11.2 Å². The molecule has 1 amide bonds. The molecule has 2 aromatic rings. The van der Waals surface area contributed by atoms with Gasteiger partial charge in [0.05, 0.1) is 11.9 Å². The van der Waals surface area contributed by atoms with Gasteiger partial charge in [0.1, 0.15) is 5.75 Å². The third kappa shape index (κ3) is 4.00. The zero-order valence-corrected chi connectivity index (χ0v) is 13.9. The summed E-state index contributed by atoms with van der Waals surface area (Å²) in [6.07, 6.45) is 0. The molecule has 7 heteroatoms. The first kappa shape index (κ1) is 16.4. The van der Waals surface area contributed by atoms with Crippen LogP contribution in [0.25, 0.3) is 11.5 Å². The average Bonchev–Trinajstić information content (AvgIpc) is 2.96. The Morgan fingerprint density at radius 2 is 2.00 bits per heavy atom. The molecule has 1 aromatic carbocycles. The van der Waals surface area contributed by atoms with E-state index < -0.39 is 0 Å². The minimum absolute atomic E-state index is 0.00539. The van der Waals surface area contributed by atoms with Crippen LogP contribution >= 0.6 is 11.8 Å². The van der Waals surface area contributed by atoms with Crippen LogP contribution in [0.5, 0.6) is 5.75 Å². The van der Waals surface area contributed by atoms with E-state index in [4.69, 9.17) is 9.15 Å². The monoisotopic (exact) mass is 321 g/mol. The summed E-state index contributed by atoms with van der Waals surface area (Å²) in [4.78, 5) is 13.4. The molecule has 6 nitrogen and oxygen atoms in total. The van der Waals surface area contributed by atoms with Crippen molar-refractivity contribution in [2.75, 3.05) is 20.7 Å². The molecule has 118 valence electrons. The summed E-state index contributed by atoms with van der Waals surface area (Å²) >= 11 is 1.25. The highest BCUT2D eigenvalue weighted by molar-refractivity contribution is 8.00. The zero-order chi connectivity index (χ0) is 16.1. The summed E-state index contributed by atoms with van der Waals surface area (Å²) in [7, 11) is 3.44. The van der Waals surface area contributed by atoms with Crippen LogP contribution in [0.1, 0.15) is 13.8 Å². The summed E-state index contributed by atoms with van der Waals surface area (Å²) in [6.45, 7) is 4.37. The zero-order valence-electron chi connectivity index (χ0n) is 13.1. The van der Waals surface area contributed by atoms with Crippen molar-refractivity contribution in [3.05, 3.63) is 24.3 Å². The molecule has 0 aliphatic rings. The number of carbonyl (C=O) groups is 1. The number of rotatable bonds is 6. The van der Waals surface area contributed by atoms with Crippen molar-refractivity contribution in [2.24, 2.45) is 0 Å². The summed E-state index contributed by atoms with van der Waals surface area (Å²) < 4.78 is 11.0. The van der Waals surface area contributed by atoms with Gasteiger partial charge in [-0.1, -0.05) is 11.8 Å². The minimum atomic E-state index is -0.274. The average molecular weight is 321 g/mol. The maximum Gasteiger partial charge on any atom is 0.277 e. The number of hydrogen-bond acceptors (Lipinski definition) is 6. The van der Waals surface area contributed by atoms with Crippen LogP contribution in [0.3, 0.4) is 0 Å². The van der Waals surface area contributed by atoms with Gasteiger partial charge in [-0.25, -0.2) is 0 Å². The molecule has 1 heterocycles. The van der Waals surface area contributed by atoms with E-state index in [0.717, 1.165) is 11.3 Å². The Morgan fingerprint density at radius 3 is 2.59 bits per heavy atom. The van der Waals surface area contributed by atoms with Gasteiger partial charge in [0, 0.05) is 19.7 Å². The van der Waals surface area contributed by atoms with Gasteiger partial charge in [-0.15, -0.1) is 10.2 Å². The van der Waals surface area contributed by atoms with E-state index >= 15 is 0 Å². The molecule has 0 bridgehead atoms. The predicted molar refractivity (Wildman–Crippen MR) is 84.9 cm³/mol. The molecule has 1 aromatic heterocycles. The lowest BCUT2D eigenvalue weighted by molar-refractivity contribution is -0.127. The van der Waals surface area contributed by atoms with E-state index in [1.165, 1.54) is 11.8 Å². The maximum absolute atomic E-state index is 11.8. The standard InChI is InChI=1S/C15H19N3O3S/c1-5-20-12-8-6-11(7-9-12)13-16-17-15(21-13)22-10(2)14(19)18(3)4/h6-10H,5H2,1-4H3/t10-/m1/s1. The highest BCUT2D eigenvalue weighted by atomic mass is 32.2. The fourth-order valence-corrected chi connectivity index (χ4v) is 2.63. The van der Waals surface area contributed by atoms with E-state index in [2.05, 4.69) is 10.2 Å². The summed E-state index contributed by atoms with van der Waals surface area (Å²) in [5.74, 6) is 1.23. The van der Waals surface area contributed by atoms with E-state index in [0.29, 0.717) is 17.7 Å². The van der Waals surface area contributed by atoms with Gasteiger partial charge >= 0.3 is 0 Å². The van der Waals surface area contributed by atoms with Crippen molar-refractivity contribution in [1.29, 1.82) is 0 Å². The lowest BCUT2D eigenvalue weighted by Gasteiger charge is -2.14. The minimum Gasteiger partial charge on any atom is -0.494 e. The van der Waals surface area contributed by atoms with Crippen LogP contribution in [-0.2, 0) is 4.79 Å². The smallest absolute Gasteiger partial charge is 0.277 e. The van der Waals surface area contributed by atoms with Gasteiger partial charge in [-0.2, -0.15) is 0 Å². The molecule has 1 atom stereocenters. The summed E-state index contributed by atoms with van der Waals surface area (Å²) in [5.41, 5.74) is 0.814. The quantitative estimate of drug-likeness (QED) is 0.762. The van der Waals surface area contributed by atoms with Crippen molar-refractivity contribution in [3.8, 4) is 17.2 Å². The summed E-state index contributed by atoms with van der Waals surface area (Å²) in [6, 6.07) is 7.44. The Morgan fingerprint density at radius 1 is 1.32 bits per heavy atom. The largest absolute Gasteiger partial charge is 0.494 e. The van der Waals surface area contributed by atoms with Crippen molar-refractivity contribution in [3.63, 3.8) is 0 Å². The van der Waals surface area contributed by atoms with Crippen LogP contribution in [0.2, 0.25) is 0 Å². The number of carbonyl (C=O) groups excluding carboxylic acids is 1. The fraction of sp³-hybridized carbons (Fsp3) is 0.400. The summed E-state index contributed by atoms with van der Waals surface area (Å²) in [5, 5.41) is 8.10. The first-order valence-corrected chi connectivity index (χ1v) is 7.83. The van der Waals surface area contributed by atoms with E-state index in [9.17, 15) is 4.79 Å². The topological polar surface area (TPSA) is 68.5 Å². The Balaban J connectivity index is 2.06. The Hall–Kier alpha value is -2.02. The number of benzene rings is 1. The first-order valence-electron chi connectivity index (χ1n) is 6.95. The molecule has 0 aliphatic carbocycles. The van der Waals surface area contributed by atoms with Gasteiger partial charge < -0.3 is 14.1 Å². The highest BCUT2D eigenvalue weighted by Gasteiger charge is 2.19. The number of aromatic nitrogens is 2. The van der Waals surface area contributed by atoms with Crippen LogP contribution in [0.15, 0.2) is 33.9 Å². The van der Waals surface area contributed by atoms with Crippen molar-refractivity contribution < 1.29 is 13.9 Å². The molecular weight excluding hydrogens is 302 g/mol. The fourth-order valence-electron chi connectivity index (χ4n) is 1.80. The van der Waals surface area contributed by atoms with E-state index in [1.54, 1.807) is 19.0 Å². The molecule has 0 spiro atoms. The highest BCUT2D eigenvalue weighted by Crippen LogP contribution is 2.27. The number of amides is 1. The van der Waals surface area contributed by atoms with Crippen molar-refractivity contribution in [2.45, 2.75) is 24.3 Å². The second-order valence-corrected chi connectivity index (χ2v) is 6.12. The molecule has 0 radical (unpaired) electrons. The molecule has 0 N–H and O–H groups in total. The van der Waals surface area contributed by atoms with Crippen LogP contribution in [0.4, 0.5) is 0 Å². The van der Waals surface area contributed by atoms with Gasteiger partial charge in [0.15, 0.2) is 0 Å². The second-order valence-electron chi connectivity index (χ2n) is 4.82. The first-order chi connectivity index (χ1) is 10.5. The lowest BCUT2D eigenvalue weighted by Crippen LogP contribution is -2.29. The normalized spacial score (nSPS) is 12.0. The number of hydrogen-bond donors (Lipinski definition) is 0. The van der Waals surface area contributed by atoms with Crippen molar-refractivity contribution in [1.82, 2.24) is 15.1 Å². The molecule has 0 fully saturated rings. The number of nitrogens with zero attached hydrogens (tertiary/aromatic N) is 3. The SMILES string of the molecule is CCOc1ccc(-c2nnc(S[C@H](C)C(=O)N(C)C)o2)cc1. The van der Waals surface area contributed by atoms with Crippen LogP contribution in [0, 0.1) is 0 Å². The third-order valence-corrected chi connectivity index (χ3v) is 3.81. The predicted octanol–water partition coefficient (Wildman–Crippen LogP) is 2.70. The molecule has 0 unspecified atom stereocenters. The van der Waals surface area contributed by atoms with Crippen LogP contribution in [-0.4, -0.2) is 47.0 Å². The Labute approximate surface area is 133 Å². The van der Waals surface area contributed by atoms with Gasteiger partial charge in [0.2, 0.25) is 11.8 Å². The third-order valence-electron chi connectivity index (χ3n) is 2.88. The molecule has 2 rings (SSSR count). The number of thioether (sulfide) groups is 1. The molecule has 0 saturated carbocycles. The molecule has 0 saturated heterocycles. The van der Waals surface area contributed by atoms with Gasteiger partial charge in [-0.05, 0) is 38.1 Å². The van der Waals surface area contributed by atoms with E-state index in [1.807, 2.05) is 38.1 Å². The van der Waals surface area contributed by atoms with Gasteiger partial charge in [0.25, 0.3) is 5.22 Å². The lowest BCUT2D eigenvalue weighted by atomic mass is 10.2. The maximum atomic E-state index is 11.8. The Bertz CT molecular complexity index is 625.